The molecule has 0 unspecified atom stereocenters. The van der Waals surface area contributed by atoms with Crippen LogP contribution in [0.5, 0.6) is 0 Å². The number of sulfonamides is 1. The van der Waals surface area contributed by atoms with Crippen molar-refractivity contribution in [2.24, 2.45) is 5.92 Å². The lowest BCUT2D eigenvalue weighted by atomic mass is 9.74. The molecule has 10 heteroatoms. The second-order valence-corrected chi connectivity index (χ2v) is 13.2. The summed E-state index contributed by atoms with van der Waals surface area (Å²) in [5.74, 6) is -0.249. The molecule has 0 spiro atoms. The third-order valence-electron chi connectivity index (χ3n) is 7.14. The van der Waals surface area contributed by atoms with Crippen molar-refractivity contribution in [3.05, 3.63) is 54.1 Å². The average Bonchev–Trinajstić information content (AvgIpc) is 2.87. The molecular formula is C29H36N4O5S. The number of benzene rings is 2. The van der Waals surface area contributed by atoms with Gasteiger partial charge in [0.05, 0.1) is 12.3 Å². The molecule has 2 aromatic rings. The Morgan fingerprint density at radius 1 is 1.03 bits per heavy atom. The largest absolute Gasteiger partial charge is 0.444 e. The van der Waals surface area contributed by atoms with Gasteiger partial charge >= 0.3 is 6.09 Å². The summed E-state index contributed by atoms with van der Waals surface area (Å²) >= 11 is 0. The molecule has 2 bridgehead atoms. The quantitative estimate of drug-likeness (QED) is 0.522. The van der Waals surface area contributed by atoms with Crippen LogP contribution in [0.15, 0.2) is 48.5 Å². The minimum atomic E-state index is -3.34. The number of nitrogens with zero attached hydrogens (tertiary/aromatic N) is 2. The van der Waals surface area contributed by atoms with Crippen molar-refractivity contribution >= 4 is 27.7 Å². The van der Waals surface area contributed by atoms with Gasteiger partial charge in [0.1, 0.15) is 17.7 Å². The molecule has 0 radical (unpaired) electrons. The molecule has 9 nitrogen and oxygen atoms in total. The van der Waals surface area contributed by atoms with Gasteiger partial charge in [-0.2, -0.15) is 5.26 Å². The zero-order valence-corrected chi connectivity index (χ0v) is 23.6. The molecule has 208 valence electrons. The van der Waals surface area contributed by atoms with E-state index in [4.69, 9.17) is 4.74 Å². The maximum absolute atomic E-state index is 13.4. The minimum absolute atomic E-state index is 0.0232. The monoisotopic (exact) mass is 552 g/mol. The van der Waals surface area contributed by atoms with Crippen LogP contribution in [0, 0.1) is 17.2 Å². The minimum Gasteiger partial charge on any atom is -0.444 e. The zero-order chi connectivity index (χ0) is 28.4. The van der Waals surface area contributed by atoms with Gasteiger partial charge in [-0.3, -0.25) is 14.4 Å². The summed E-state index contributed by atoms with van der Waals surface area (Å²) in [6.07, 6.45) is 4.44. The van der Waals surface area contributed by atoms with Gasteiger partial charge in [-0.15, -0.1) is 0 Å². The molecule has 2 aliphatic heterocycles. The Kier molecular flexibility index (Phi) is 8.21. The van der Waals surface area contributed by atoms with E-state index in [1.54, 1.807) is 17.0 Å². The van der Waals surface area contributed by atoms with Crippen molar-refractivity contribution < 1.29 is 22.7 Å². The van der Waals surface area contributed by atoms with Crippen LogP contribution in [0.1, 0.15) is 52.0 Å². The van der Waals surface area contributed by atoms with Crippen LogP contribution in [0.4, 0.5) is 10.5 Å². The fraction of sp³-hybridized carbons (Fsp3) is 0.483. The number of rotatable bonds is 7. The van der Waals surface area contributed by atoms with Crippen molar-refractivity contribution in [1.82, 2.24) is 10.2 Å². The predicted molar refractivity (Wildman–Crippen MR) is 149 cm³/mol. The summed E-state index contributed by atoms with van der Waals surface area (Å²) in [5, 5.41) is 12.7. The van der Waals surface area contributed by atoms with E-state index >= 15 is 0 Å². The van der Waals surface area contributed by atoms with Gasteiger partial charge in [0.25, 0.3) is 0 Å². The molecule has 2 amide bonds. The normalized spacial score (nSPS) is 21.5. The Labute approximate surface area is 230 Å². The fourth-order valence-electron chi connectivity index (χ4n) is 5.47. The molecule has 0 aromatic heterocycles. The van der Waals surface area contributed by atoms with Crippen LogP contribution < -0.4 is 10.0 Å². The van der Waals surface area contributed by atoms with Gasteiger partial charge in [-0.1, -0.05) is 36.4 Å². The Morgan fingerprint density at radius 3 is 2.10 bits per heavy atom. The topological polar surface area (TPSA) is 129 Å². The summed E-state index contributed by atoms with van der Waals surface area (Å²) in [6.45, 7) is 5.43. The first-order chi connectivity index (χ1) is 18.3. The number of carbonyl (C=O) groups excluding carboxylic acids is 2. The Morgan fingerprint density at radius 2 is 1.59 bits per heavy atom. The molecule has 3 aliphatic rings. The van der Waals surface area contributed by atoms with E-state index in [2.05, 4.69) is 16.1 Å². The number of nitriles is 1. The standard InChI is InChI=1S/C29H36N4O5S/c1-29(2,3)38-28(35)33-25-15-11-22(12-16-25)26(33)27(34)31-24(18-30)17-19-5-7-20(8-6-19)21-9-13-23(14-10-21)32-39(4,36)37/h5-10,13-14,22,24-26,32H,11-12,15-17H2,1-4H3,(H,31,34)/t22?,24-,25?,26-/m0/s1. The predicted octanol–water partition coefficient (Wildman–Crippen LogP) is 4.45. The van der Waals surface area contributed by atoms with Crippen molar-refractivity contribution in [2.45, 2.75) is 76.6 Å². The van der Waals surface area contributed by atoms with Crippen LogP contribution in [-0.4, -0.2) is 55.3 Å². The number of nitrogens with one attached hydrogen (secondary N) is 2. The molecule has 39 heavy (non-hydrogen) atoms. The van der Waals surface area contributed by atoms with Gasteiger partial charge < -0.3 is 10.1 Å². The molecule has 2 atom stereocenters. The third kappa shape index (κ3) is 7.30. The molecular weight excluding hydrogens is 516 g/mol. The van der Waals surface area contributed by atoms with Crippen molar-refractivity contribution in [2.75, 3.05) is 11.0 Å². The van der Waals surface area contributed by atoms with Gasteiger partial charge in [0.2, 0.25) is 15.9 Å². The molecule has 1 saturated carbocycles. The first-order valence-corrected chi connectivity index (χ1v) is 15.1. The molecule has 2 N–H and O–H groups in total. The number of amides is 2. The van der Waals surface area contributed by atoms with E-state index in [1.165, 1.54) is 0 Å². The smallest absolute Gasteiger partial charge is 0.411 e. The second-order valence-electron chi connectivity index (χ2n) is 11.4. The van der Waals surface area contributed by atoms with E-state index in [-0.39, 0.29) is 17.9 Å². The van der Waals surface area contributed by atoms with Gasteiger partial charge in [-0.25, -0.2) is 13.2 Å². The lowest BCUT2D eigenvalue weighted by molar-refractivity contribution is -0.135. The summed E-state index contributed by atoms with van der Waals surface area (Å²) in [4.78, 5) is 28.1. The van der Waals surface area contributed by atoms with Crippen LogP contribution >= 0.6 is 0 Å². The molecule has 1 aliphatic carbocycles. The third-order valence-corrected chi connectivity index (χ3v) is 7.75. The van der Waals surface area contributed by atoms with Crippen molar-refractivity contribution in [3.63, 3.8) is 0 Å². The summed E-state index contributed by atoms with van der Waals surface area (Å²) in [7, 11) is -3.34. The van der Waals surface area contributed by atoms with Gasteiger partial charge in [-0.05, 0) is 81.2 Å². The highest BCUT2D eigenvalue weighted by atomic mass is 32.2. The first-order valence-electron chi connectivity index (χ1n) is 13.2. The number of fused-ring (bicyclic) bond motifs is 3. The second kappa shape index (κ2) is 11.3. The van der Waals surface area contributed by atoms with E-state index in [9.17, 15) is 23.3 Å². The molecule has 3 fully saturated rings. The zero-order valence-electron chi connectivity index (χ0n) is 22.8. The number of carbonyl (C=O) groups is 2. The lowest BCUT2D eigenvalue weighted by Gasteiger charge is -2.50. The fourth-order valence-corrected chi connectivity index (χ4v) is 6.03. The van der Waals surface area contributed by atoms with E-state index < -0.39 is 33.8 Å². The van der Waals surface area contributed by atoms with Crippen LogP contribution in [0.2, 0.25) is 0 Å². The van der Waals surface area contributed by atoms with Crippen LogP contribution in [0.3, 0.4) is 0 Å². The highest BCUT2D eigenvalue weighted by Crippen LogP contribution is 2.40. The molecule has 5 rings (SSSR count). The highest BCUT2D eigenvalue weighted by Gasteiger charge is 2.49. The maximum Gasteiger partial charge on any atom is 0.411 e. The lowest BCUT2D eigenvalue weighted by Crippen LogP contribution is -2.64. The average molecular weight is 553 g/mol. The summed E-state index contributed by atoms with van der Waals surface area (Å²) in [6, 6.07) is 15.5. The number of hydrogen-bond acceptors (Lipinski definition) is 6. The number of ether oxygens (including phenoxy) is 1. The van der Waals surface area contributed by atoms with E-state index in [1.807, 2.05) is 57.2 Å². The molecule has 2 aromatic carbocycles. The Balaban J connectivity index is 1.41. The maximum atomic E-state index is 13.4. The van der Waals surface area contributed by atoms with Crippen LogP contribution in [0.25, 0.3) is 11.1 Å². The van der Waals surface area contributed by atoms with Crippen molar-refractivity contribution in [3.8, 4) is 17.2 Å². The Bertz CT molecular complexity index is 1340. The summed E-state index contributed by atoms with van der Waals surface area (Å²) in [5.41, 5.74) is 2.57. The highest BCUT2D eigenvalue weighted by molar-refractivity contribution is 7.92. The number of anilines is 1. The van der Waals surface area contributed by atoms with Crippen molar-refractivity contribution in [1.29, 1.82) is 5.26 Å². The molecule has 2 heterocycles. The SMILES string of the molecule is CC(C)(C)OC(=O)N1C2CCC(CC2)[C@H]1C(=O)N[C@H](C#N)Cc1ccc(-c2ccc(NS(C)(=O)=O)cc2)cc1. The summed E-state index contributed by atoms with van der Waals surface area (Å²) < 4.78 is 30.9. The van der Waals surface area contributed by atoms with E-state index in [0.717, 1.165) is 48.6 Å². The van der Waals surface area contributed by atoms with E-state index in [0.29, 0.717) is 12.1 Å². The first kappa shape index (κ1) is 28.4. The Hall–Kier alpha value is -3.58. The number of piperidine rings is 2. The molecule has 2 saturated heterocycles. The van der Waals surface area contributed by atoms with Gasteiger partial charge in [0.15, 0.2) is 0 Å². The van der Waals surface area contributed by atoms with Crippen LogP contribution in [-0.2, 0) is 26.0 Å². The van der Waals surface area contributed by atoms with Gasteiger partial charge in [0, 0.05) is 18.2 Å². The number of hydrogen-bond donors (Lipinski definition) is 2.